The summed E-state index contributed by atoms with van der Waals surface area (Å²) in [6.45, 7) is 0. The summed E-state index contributed by atoms with van der Waals surface area (Å²) in [5.41, 5.74) is 12.4. The first-order valence-corrected chi connectivity index (χ1v) is 5.58. The van der Waals surface area contributed by atoms with Gasteiger partial charge in [-0.3, -0.25) is 0 Å². The van der Waals surface area contributed by atoms with Crippen LogP contribution in [-0.2, 0) is 0 Å². The standard InChI is InChI=1S/C8H6O4.C6H8N2/c9-7(10)5-1-2-6(4-3-5)8(11)12;7-5-1-2-6(8)4-3-5/h1-4H,(H,9,10)(H,11,12);1-4H,7-8H2. The lowest BCUT2D eigenvalue weighted by Gasteiger charge is -1.94. The van der Waals surface area contributed by atoms with E-state index in [-0.39, 0.29) is 11.1 Å². The Balaban J connectivity index is 0.000000217. The van der Waals surface area contributed by atoms with Crippen LogP contribution in [0.4, 0.5) is 11.4 Å². The fourth-order valence-electron chi connectivity index (χ4n) is 1.25. The molecule has 0 unspecified atom stereocenters. The summed E-state index contributed by atoms with van der Waals surface area (Å²) in [7, 11) is 0. The Morgan fingerprint density at radius 2 is 0.900 bits per heavy atom. The van der Waals surface area contributed by atoms with Gasteiger partial charge in [-0.25, -0.2) is 9.59 Å². The third kappa shape index (κ3) is 4.69. The Kier molecular flexibility index (Phi) is 5.11. The van der Waals surface area contributed by atoms with Crippen LogP contribution in [0.1, 0.15) is 20.7 Å². The van der Waals surface area contributed by atoms with Gasteiger partial charge in [0.25, 0.3) is 0 Å². The molecule has 104 valence electrons. The molecule has 6 N–H and O–H groups in total. The van der Waals surface area contributed by atoms with Gasteiger partial charge < -0.3 is 21.7 Å². The second-order valence-corrected chi connectivity index (χ2v) is 3.85. The number of nitrogens with two attached hydrogens (primary N) is 2. The van der Waals surface area contributed by atoms with Crippen LogP contribution in [0, 0.1) is 0 Å². The van der Waals surface area contributed by atoms with E-state index >= 15 is 0 Å². The molecule has 0 spiro atoms. The van der Waals surface area contributed by atoms with Gasteiger partial charge >= 0.3 is 11.9 Å². The molecule has 20 heavy (non-hydrogen) atoms. The Labute approximate surface area is 115 Å². The highest BCUT2D eigenvalue weighted by Gasteiger charge is 2.04. The first-order valence-electron chi connectivity index (χ1n) is 5.58. The first kappa shape index (κ1) is 15.0. The van der Waals surface area contributed by atoms with Gasteiger partial charge in [-0.15, -0.1) is 0 Å². The molecule has 0 atom stereocenters. The van der Waals surface area contributed by atoms with Crippen LogP contribution in [0.15, 0.2) is 48.5 Å². The first-order chi connectivity index (χ1) is 9.40. The molecule has 0 saturated carbocycles. The van der Waals surface area contributed by atoms with Crippen molar-refractivity contribution in [3.63, 3.8) is 0 Å². The number of hydrogen-bond donors (Lipinski definition) is 4. The van der Waals surface area contributed by atoms with E-state index in [0.29, 0.717) is 0 Å². The van der Waals surface area contributed by atoms with Gasteiger partial charge in [0.1, 0.15) is 0 Å². The number of nitrogen functional groups attached to an aromatic ring is 2. The van der Waals surface area contributed by atoms with Crippen LogP contribution in [-0.4, -0.2) is 22.2 Å². The summed E-state index contributed by atoms with van der Waals surface area (Å²) in [6, 6.07) is 12.1. The normalized spacial score (nSPS) is 9.20. The van der Waals surface area contributed by atoms with Gasteiger partial charge in [-0.2, -0.15) is 0 Å². The van der Waals surface area contributed by atoms with Gasteiger partial charge in [0.15, 0.2) is 0 Å². The molecule has 2 aromatic rings. The summed E-state index contributed by atoms with van der Waals surface area (Å²) >= 11 is 0. The molecule has 0 bridgehead atoms. The van der Waals surface area contributed by atoms with Crippen LogP contribution in [0.25, 0.3) is 0 Å². The predicted molar refractivity (Wildman–Crippen MR) is 75.6 cm³/mol. The lowest BCUT2D eigenvalue weighted by atomic mass is 10.1. The summed E-state index contributed by atoms with van der Waals surface area (Å²) < 4.78 is 0. The molecular weight excluding hydrogens is 260 g/mol. The average Bonchev–Trinajstić information content (AvgIpc) is 2.43. The van der Waals surface area contributed by atoms with E-state index in [0.717, 1.165) is 11.4 Å². The summed E-state index contributed by atoms with van der Waals surface area (Å²) in [4.78, 5) is 20.7. The number of rotatable bonds is 2. The highest BCUT2D eigenvalue weighted by atomic mass is 16.4. The van der Waals surface area contributed by atoms with Gasteiger partial charge in [-0.05, 0) is 48.5 Å². The molecule has 0 heterocycles. The van der Waals surface area contributed by atoms with Crippen LogP contribution >= 0.6 is 0 Å². The zero-order chi connectivity index (χ0) is 15.1. The molecule has 6 nitrogen and oxygen atoms in total. The second kappa shape index (κ2) is 6.79. The lowest BCUT2D eigenvalue weighted by molar-refractivity contribution is 0.0681. The molecule has 2 rings (SSSR count). The van der Waals surface area contributed by atoms with Crippen molar-refractivity contribution >= 4 is 23.3 Å². The third-order valence-corrected chi connectivity index (χ3v) is 2.32. The topological polar surface area (TPSA) is 127 Å². The van der Waals surface area contributed by atoms with Crippen molar-refractivity contribution in [2.45, 2.75) is 0 Å². The minimum absolute atomic E-state index is 0.0833. The highest BCUT2D eigenvalue weighted by molar-refractivity contribution is 5.91. The molecule has 0 fully saturated rings. The number of hydrogen-bond acceptors (Lipinski definition) is 4. The highest BCUT2D eigenvalue weighted by Crippen LogP contribution is 2.05. The Hall–Kier alpha value is -3.02. The minimum Gasteiger partial charge on any atom is -0.478 e. The van der Waals surface area contributed by atoms with E-state index in [2.05, 4.69) is 0 Å². The lowest BCUT2D eigenvalue weighted by Crippen LogP contribution is -1.99. The van der Waals surface area contributed by atoms with E-state index in [4.69, 9.17) is 21.7 Å². The molecule has 0 aromatic heterocycles. The maximum atomic E-state index is 10.3. The van der Waals surface area contributed by atoms with Crippen molar-refractivity contribution < 1.29 is 19.8 Å². The van der Waals surface area contributed by atoms with Crippen molar-refractivity contribution in [2.75, 3.05) is 11.5 Å². The third-order valence-electron chi connectivity index (χ3n) is 2.32. The molecule has 0 aliphatic carbocycles. The summed E-state index contributed by atoms with van der Waals surface area (Å²) in [6.07, 6.45) is 0. The minimum atomic E-state index is -1.06. The van der Waals surface area contributed by atoms with E-state index in [9.17, 15) is 9.59 Å². The molecule has 0 radical (unpaired) electrons. The zero-order valence-corrected chi connectivity index (χ0v) is 10.5. The number of anilines is 2. The van der Waals surface area contributed by atoms with E-state index in [1.807, 2.05) is 0 Å². The van der Waals surface area contributed by atoms with Crippen molar-refractivity contribution in [3.8, 4) is 0 Å². The number of carboxylic acids is 2. The number of carboxylic acid groups (broad SMARTS) is 2. The van der Waals surface area contributed by atoms with Crippen molar-refractivity contribution in [2.24, 2.45) is 0 Å². The largest absolute Gasteiger partial charge is 0.478 e. The molecular formula is C14H14N2O4. The number of benzene rings is 2. The maximum absolute atomic E-state index is 10.3. The van der Waals surface area contributed by atoms with Crippen molar-refractivity contribution in [1.29, 1.82) is 0 Å². The monoisotopic (exact) mass is 274 g/mol. The Morgan fingerprint density at radius 3 is 1.10 bits per heavy atom. The maximum Gasteiger partial charge on any atom is 0.335 e. The molecule has 0 aliphatic rings. The zero-order valence-electron chi connectivity index (χ0n) is 10.5. The summed E-state index contributed by atoms with van der Waals surface area (Å²) in [5, 5.41) is 16.9. The van der Waals surface area contributed by atoms with E-state index < -0.39 is 11.9 Å². The predicted octanol–water partition coefficient (Wildman–Crippen LogP) is 1.93. The van der Waals surface area contributed by atoms with E-state index in [1.165, 1.54) is 24.3 Å². The van der Waals surface area contributed by atoms with Crippen LogP contribution in [0.3, 0.4) is 0 Å². The van der Waals surface area contributed by atoms with Crippen LogP contribution < -0.4 is 11.5 Å². The van der Waals surface area contributed by atoms with Crippen molar-refractivity contribution in [3.05, 3.63) is 59.7 Å². The van der Waals surface area contributed by atoms with Crippen LogP contribution in [0.5, 0.6) is 0 Å². The molecule has 0 aliphatic heterocycles. The summed E-state index contributed by atoms with van der Waals surface area (Å²) in [5.74, 6) is -2.13. The quantitative estimate of drug-likeness (QED) is 0.620. The van der Waals surface area contributed by atoms with Gasteiger partial charge in [0.05, 0.1) is 11.1 Å². The number of aromatic carboxylic acids is 2. The van der Waals surface area contributed by atoms with Gasteiger partial charge in [0.2, 0.25) is 0 Å². The Bertz CT molecular complexity index is 538. The SMILES string of the molecule is Nc1ccc(N)cc1.O=C(O)c1ccc(C(=O)O)cc1. The Morgan fingerprint density at radius 1 is 0.650 bits per heavy atom. The van der Waals surface area contributed by atoms with E-state index in [1.54, 1.807) is 24.3 Å². The van der Waals surface area contributed by atoms with Crippen molar-refractivity contribution in [1.82, 2.24) is 0 Å². The number of carbonyl (C=O) groups is 2. The van der Waals surface area contributed by atoms with Gasteiger partial charge in [0, 0.05) is 11.4 Å². The van der Waals surface area contributed by atoms with Gasteiger partial charge in [-0.1, -0.05) is 0 Å². The van der Waals surface area contributed by atoms with Crippen LogP contribution in [0.2, 0.25) is 0 Å². The smallest absolute Gasteiger partial charge is 0.335 e. The second-order valence-electron chi connectivity index (χ2n) is 3.85. The molecule has 0 amide bonds. The molecule has 0 saturated heterocycles. The fraction of sp³-hybridized carbons (Fsp3) is 0. The average molecular weight is 274 g/mol. The molecule has 2 aromatic carbocycles. The molecule has 6 heteroatoms. The fourth-order valence-corrected chi connectivity index (χ4v) is 1.25.